The van der Waals surface area contributed by atoms with Crippen LogP contribution in [0.25, 0.3) is 34.2 Å². The number of benzene rings is 4. The second-order valence-electron chi connectivity index (χ2n) is 7.21. The molecule has 2 aromatic heterocycles. The molecule has 6 rings (SSSR count). The second-order valence-corrected chi connectivity index (χ2v) is 7.21. The fraction of sp³-hybridized carbons (Fsp3) is 0. The van der Waals surface area contributed by atoms with E-state index >= 15 is 0 Å². The van der Waals surface area contributed by atoms with Crippen molar-refractivity contribution in [2.24, 2.45) is 0 Å². The smallest absolute Gasteiger partial charge is 0.130 e. The zero-order chi connectivity index (χ0) is 23.0. The standard InChI is InChI=1S/2C13H10N4.2BrH/c2*1-3-7-11(8-4-1)13-14-16-17(15-13)12-9-5-2-6-10-12;;/h2*1-10H;2*1H. The molecule has 36 heavy (non-hydrogen) atoms. The fourth-order valence-electron chi connectivity index (χ4n) is 3.18. The summed E-state index contributed by atoms with van der Waals surface area (Å²) in [5, 5.41) is 24.9. The number of rotatable bonds is 4. The van der Waals surface area contributed by atoms with Crippen molar-refractivity contribution in [2.45, 2.75) is 0 Å². The summed E-state index contributed by atoms with van der Waals surface area (Å²) in [6.07, 6.45) is 0. The van der Waals surface area contributed by atoms with Crippen LogP contribution in [0.5, 0.6) is 0 Å². The molecule has 8 nitrogen and oxygen atoms in total. The highest BCUT2D eigenvalue weighted by molar-refractivity contribution is 8.93. The Balaban J connectivity index is 0.000000190. The number of hydrogen-bond acceptors (Lipinski definition) is 6. The molecule has 4 aromatic carbocycles. The predicted molar refractivity (Wildman–Crippen MR) is 150 cm³/mol. The molecule has 2 heterocycles. The third-order valence-corrected chi connectivity index (χ3v) is 4.87. The number of nitrogens with zero attached hydrogens (tertiary/aromatic N) is 8. The molecule has 0 unspecified atom stereocenters. The Morgan fingerprint density at radius 1 is 0.389 bits per heavy atom. The molecule has 6 aromatic rings. The van der Waals surface area contributed by atoms with Gasteiger partial charge in [-0.2, -0.15) is 0 Å². The van der Waals surface area contributed by atoms with E-state index in [1.54, 1.807) is 0 Å². The summed E-state index contributed by atoms with van der Waals surface area (Å²) in [6.45, 7) is 0. The SMILES string of the molecule is Br.Br.c1ccc(-c2nnn(-c3ccccc3)n2)cc1.c1ccc(-c2nnn(-c3ccccc3)n2)cc1. The van der Waals surface area contributed by atoms with E-state index in [1.165, 1.54) is 9.59 Å². The van der Waals surface area contributed by atoms with Gasteiger partial charge in [-0.15, -0.1) is 64.0 Å². The van der Waals surface area contributed by atoms with Crippen LogP contribution >= 0.6 is 34.0 Å². The van der Waals surface area contributed by atoms with Crippen molar-refractivity contribution < 1.29 is 0 Å². The Hall–Kier alpha value is -4.02. The highest BCUT2D eigenvalue weighted by Gasteiger charge is 2.06. The molecule has 0 atom stereocenters. The van der Waals surface area contributed by atoms with Crippen LogP contribution in [-0.2, 0) is 0 Å². The van der Waals surface area contributed by atoms with E-state index in [9.17, 15) is 0 Å². The van der Waals surface area contributed by atoms with Gasteiger partial charge < -0.3 is 0 Å². The largest absolute Gasteiger partial charge is 0.205 e. The van der Waals surface area contributed by atoms with Gasteiger partial charge in [-0.3, -0.25) is 0 Å². The van der Waals surface area contributed by atoms with Crippen LogP contribution in [0.2, 0.25) is 0 Å². The summed E-state index contributed by atoms with van der Waals surface area (Å²) in [5.74, 6) is 1.27. The van der Waals surface area contributed by atoms with E-state index in [1.807, 2.05) is 121 Å². The number of tetrazole rings is 2. The van der Waals surface area contributed by atoms with Gasteiger partial charge >= 0.3 is 0 Å². The Morgan fingerprint density at radius 3 is 1.03 bits per heavy atom. The first kappa shape index (κ1) is 26.6. The molecule has 0 aliphatic heterocycles. The summed E-state index contributed by atoms with van der Waals surface area (Å²) in [5.41, 5.74) is 3.74. The molecule has 0 aliphatic carbocycles. The lowest BCUT2D eigenvalue weighted by molar-refractivity contribution is 0.720. The second kappa shape index (κ2) is 13.2. The summed E-state index contributed by atoms with van der Waals surface area (Å²) in [6, 6.07) is 39.1. The molecule has 0 saturated carbocycles. The predicted octanol–water partition coefficient (Wildman–Crippen LogP) is 5.81. The third-order valence-electron chi connectivity index (χ3n) is 4.87. The van der Waals surface area contributed by atoms with Gasteiger partial charge in [0.05, 0.1) is 11.4 Å². The molecule has 0 aliphatic rings. The van der Waals surface area contributed by atoms with Crippen molar-refractivity contribution in [2.75, 3.05) is 0 Å². The van der Waals surface area contributed by atoms with Crippen LogP contribution in [-0.4, -0.2) is 40.4 Å². The lowest BCUT2D eigenvalue weighted by atomic mass is 10.2. The molecule has 0 saturated heterocycles. The van der Waals surface area contributed by atoms with E-state index in [-0.39, 0.29) is 34.0 Å². The average molecular weight is 606 g/mol. The average Bonchev–Trinajstić information content (AvgIpc) is 3.62. The van der Waals surface area contributed by atoms with Crippen LogP contribution < -0.4 is 0 Å². The molecule has 0 N–H and O–H groups in total. The molecule has 0 bridgehead atoms. The van der Waals surface area contributed by atoms with E-state index in [0.29, 0.717) is 11.6 Å². The minimum Gasteiger partial charge on any atom is -0.130 e. The maximum absolute atomic E-state index is 4.35. The minimum atomic E-state index is 0. The molecule has 0 spiro atoms. The summed E-state index contributed by atoms with van der Waals surface area (Å²) in [7, 11) is 0. The van der Waals surface area contributed by atoms with Crippen molar-refractivity contribution in [3.8, 4) is 34.2 Å². The van der Waals surface area contributed by atoms with Crippen LogP contribution in [0.4, 0.5) is 0 Å². The van der Waals surface area contributed by atoms with E-state index < -0.39 is 0 Å². The van der Waals surface area contributed by atoms with Crippen LogP contribution in [0, 0.1) is 0 Å². The summed E-state index contributed by atoms with van der Waals surface area (Å²) in [4.78, 5) is 3.06. The van der Waals surface area contributed by atoms with Gasteiger partial charge in [-0.1, -0.05) is 97.1 Å². The van der Waals surface area contributed by atoms with Crippen molar-refractivity contribution in [3.05, 3.63) is 121 Å². The first-order valence-electron chi connectivity index (χ1n) is 10.7. The molecular weight excluding hydrogens is 584 g/mol. The Labute approximate surface area is 229 Å². The zero-order valence-corrected chi connectivity index (χ0v) is 22.4. The van der Waals surface area contributed by atoms with E-state index in [2.05, 4.69) is 30.8 Å². The number of para-hydroxylation sites is 2. The van der Waals surface area contributed by atoms with Gasteiger partial charge in [-0.05, 0) is 34.7 Å². The van der Waals surface area contributed by atoms with Gasteiger partial charge in [-0.25, -0.2) is 0 Å². The maximum atomic E-state index is 4.35. The lowest BCUT2D eigenvalue weighted by Crippen LogP contribution is -1.98. The quantitative estimate of drug-likeness (QED) is 0.252. The Bertz CT molecular complexity index is 1220. The molecule has 10 heteroatoms. The van der Waals surface area contributed by atoms with Gasteiger partial charge in [0.1, 0.15) is 0 Å². The summed E-state index contributed by atoms with van der Waals surface area (Å²) >= 11 is 0. The first-order chi connectivity index (χ1) is 16.9. The highest BCUT2D eigenvalue weighted by atomic mass is 79.9. The Kier molecular flexibility index (Phi) is 9.73. The number of halogens is 2. The van der Waals surface area contributed by atoms with Gasteiger partial charge in [0.15, 0.2) is 0 Å². The van der Waals surface area contributed by atoms with Gasteiger partial charge in [0, 0.05) is 11.1 Å². The van der Waals surface area contributed by atoms with Crippen molar-refractivity contribution in [1.82, 2.24) is 40.4 Å². The molecule has 0 fully saturated rings. The number of aromatic nitrogens is 8. The van der Waals surface area contributed by atoms with Crippen LogP contribution in [0.1, 0.15) is 0 Å². The van der Waals surface area contributed by atoms with Crippen molar-refractivity contribution >= 4 is 34.0 Å². The molecular formula is C26H22Br2N8. The molecule has 180 valence electrons. The highest BCUT2D eigenvalue weighted by Crippen LogP contribution is 2.14. The fourth-order valence-corrected chi connectivity index (χ4v) is 3.18. The maximum Gasteiger partial charge on any atom is 0.205 e. The topological polar surface area (TPSA) is 87.2 Å². The normalized spacial score (nSPS) is 9.78. The van der Waals surface area contributed by atoms with E-state index in [0.717, 1.165) is 22.5 Å². The van der Waals surface area contributed by atoms with Crippen molar-refractivity contribution in [3.63, 3.8) is 0 Å². The lowest BCUT2D eigenvalue weighted by Gasteiger charge is -1.95. The third kappa shape index (κ3) is 6.55. The molecule has 0 radical (unpaired) electrons. The Morgan fingerprint density at radius 2 is 0.694 bits per heavy atom. The van der Waals surface area contributed by atoms with E-state index in [4.69, 9.17) is 0 Å². The first-order valence-corrected chi connectivity index (χ1v) is 10.7. The van der Waals surface area contributed by atoms with Crippen LogP contribution in [0.15, 0.2) is 121 Å². The van der Waals surface area contributed by atoms with Crippen LogP contribution in [0.3, 0.4) is 0 Å². The monoisotopic (exact) mass is 604 g/mol. The zero-order valence-electron chi connectivity index (χ0n) is 18.9. The molecule has 0 amide bonds. The summed E-state index contributed by atoms with van der Waals surface area (Å²) < 4.78 is 0. The van der Waals surface area contributed by atoms with Gasteiger partial charge in [0.25, 0.3) is 0 Å². The van der Waals surface area contributed by atoms with Gasteiger partial charge in [0.2, 0.25) is 11.6 Å². The minimum absolute atomic E-state index is 0. The number of hydrogen-bond donors (Lipinski definition) is 0. The van der Waals surface area contributed by atoms with Crippen molar-refractivity contribution in [1.29, 1.82) is 0 Å².